The summed E-state index contributed by atoms with van der Waals surface area (Å²) in [5, 5.41) is 12.1. The standard InChI is InChI=1S/C17H26N2O6/c1-17(2,3)25-16(24)12(20)8-18-13(21)9-19-14(22)10-6-4-5-7-11(10)15(19)23/h10-12,20H,4-9H2,1-3H3,(H,18,21). The molecule has 1 aliphatic carbocycles. The van der Waals surface area contributed by atoms with Gasteiger partial charge < -0.3 is 15.2 Å². The van der Waals surface area contributed by atoms with E-state index in [9.17, 15) is 24.3 Å². The van der Waals surface area contributed by atoms with E-state index in [1.165, 1.54) is 0 Å². The first-order chi connectivity index (χ1) is 11.6. The highest BCUT2D eigenvalue weighted by Gasteiger charge is 2.48. The molecule has 3 amide bonds. The molecule has 0 spiro atoms. The zero-order chi connectivity index (χ0) is 18.8. The molecule has 8 heteroatoms. The van der Waals surface area contributed by atoms with Gasteiger partial charge in [0.05, 0.1) is 18.4 Å². The summed E-state index contributed by atoms with van der Waals surface area (Å²) in [6, 6.07) is 0. The molecule has 25 heavy (non-hydrogen) atoms. The number of amides is 3. The summed E-state index contributed by atoms with van der Waals surface area (Å²) in [5.41, 5.74) is -0.743. The van der Waals surface area contributed by atoms with Crippen LogP contribution >= 0.6 is 0 Å². The largest absolute Gasteiger partial charge is 0.458 e. The van der Waals surface area contributed by atoms with Crippen molar-refractivity contribution < 1.29 is 29.0 Å². The monoisotopic (exact) mass is 354 g/mol. The first-order valence-electron chi connectivity index (χ1n) is 8.63. The van der Waals surface area contributed by atoms with Crippen LogP contribution in [0.4, 0.5) is 0 Å². The number of ether oxygens (including phenoxy) is 1. The number of imide groups is 1. The Morgan fingerprint density at radius 1 is 1.20 bits per heavy atom. The molecule has 140 valence electrons. The van der Waals surface area contributed by atoms with Gasteiger partial charge in [0, 0.05) is 0 Å². The summed E-state index contributed by atoms with van der Waals surface area (Å²) in [7, 11) is 0. The van der Waals surface area contributed by atoms with Crippen LogP contribution in [0, 0.1) is 11.8 Å². The second kappa shape index (κ2) is 7.51. The van der Waals surface area contributed by atoms with E-state index in [1.807, 2.05) is 0 Å². The molecule has 1 saturated carbocycles. The first-order valence-corrected chi connectivity index (χ1v) is 8.63. The van der Waals surface area contributed by atoms with Gasteiger partial charge in [-0.1, -0.05) is 12.8 Å². The van der Waals surface area contributed by atoms with Crippen molar-refractivity contribution >= 4 is 23.7 Å². The van der Waals surface area contributed by atoms with Crippen LogP contribution in [-0.4, -0.2) is 58.5 Å². The van der Waals surface area contributed by atoms with Crippen LogP contribution < -0.4 is 5.32 Å². The summed E-state index contributed by atoms with van der Waals surface area (Å²) in [6.07, 6.45) is 1.70. The predicted molar refractivity (Wildman–Crippen MR) is 87.0 cm³/mol. The van der Waals surface area contributed by atoms with Crippen molar-refractivity contribution in [2.75, 3.05) is 13.1 Å². The molecule has 1 aliphatic heterocycles. The Hall–Kier alpha value is -1.96. The van der Waals surface area contributed by atoms with E-state index in [2.05, 4.69) is 5.32 Å². The highest BCUT2D eigenvalue weighted by Crippen LogP contribution is 2.37. The number of nitrogens with zero attached hydrogens (tertiary/aromatic N) is 1. The second-order valence-corrected chi connectivity index (χ2v) is 7.61. The number of carbonyl (C=O) groups excluding carboxylic acids is 4. The van der Waals surface area contributed by atoms with Crippen molar-refractivity contribution in [2.45, 2.75) is 58.2 Å². The summed E-state index contributed by atoms with van der Waals surface area (Å²) in [6.45, 7) is 4.28. The highest BCUT2D eigenvalue weighted by atomic mass is 16.6. The lowest BCUT2D eigenvalue weighted by Gasteiger charge is -2.22. The third-order valence-corrected chi connectivity index (χ3v) is 4.41. The number of hydrogen-bond acceptors (Lipinski definition) is 6. The Labute approximate surface area is 146 Å². The number of aliphatic hydroxyl groups is 1. The van der Waals surface area contributed by atoms with Gasteiger partial charge >= 0.3 is 5.97 Å². The molecule has 2 aliphatic rings. The number of carbonyl (C=O) groups is 4. The third-order valence-electron chi connectivity index (χ3n) is 4.41. The van der Waals surface area contributed by atoms with E-state index in [0.29, 0.717) is 12.8 Å². The number of likely N-dealkylation sites (tertiary alicyclic amines) is 1. The van der Waals surface area contributed by atoms with Gasteiger partial charge in [0.15, 0.2) is 6.10 Å². The molecule has 1 heterocycles. The summed E-state index contributed by atoms with van der Waals surface area (Å²) >= 11 is 0. The average Bonchev–Trinajstić information content (AvgIpc) is 2.76. The Bertz CT molecular complexity index is 544. The normalized spacial score (nSPS) is 24.7. The maximum atomic E-state index is 12.3. The van der Waals surface area contributed by atoms with E-state index >= 15 is 0 Å². The quantitative estimate of drug-likeness (QED) is 0.530. The van der Waals surface area contributed by atoms with Crippen LogP contribution in [0.5, 0.6) is 0 Å². The van der Waals surface area contributed by atoms with Crippen LogP contribution in [0.25, 0.3) is 0 Å². The number of nitrogens with one attached hydrogen (secondary N) is 1. The molecule has 1 saturated heterocycles. The minimum absolute atomic E-state index is 0.294. The summed E-state index contributed by atoms with van der Waals surface area (Å²) in [5.74, 6) is -2.63. The molecular weight excluding hydrogens is 328 g/mol. The van der Waals surface area contributed by atoms with Crippen LogP contribution in [0.3, 0.4) is 0 Å². The predicted octanol–water partition coefficient (Wildman–Crippen LogP) is -0.0196. The lowest BCUT2D eigenvalue weighted by Crippen LogP contribution is -2.45. The van der Waals surface area contributed by atoms with Crippen molar-refractivity contribution in [2.24, 2.45) is 11.8 Å². The van der Waals surface area contributed by atoms with Gasteiger partial charge in [-0.15, -0.1) is 0 Å². The van der Waals surface area contributed by atoms with Crippen LogP contribution in [0.2, 0.25) is 0 Å². The van der Waals surface area contributed by atoms with Crippen LogP contribution in [0.15, 0.2) is 0 Å². The van der Waals surface area contributed by atoms with Gasteiger partial charge in [0.2, 0.25) is 17.7 Å². The van der Waals surface area contributed by atoms with Crippen molar-refractivity contribution in [3.63, 3.8) is 0 Å². The molecule has 0 bridgehead atoms. The lowest BCUT2D eigenvalue weighted by atomic mass is 9.81. The molecule has 8 nitrogen and oxygen atoms in total. The summed E-state index contributed by atoms with van der Waals surface area (Å²) in [4.78, 5) is 49.2. The molecule has 2 rings (SSSR count). The molecule has 2 fully saturated rings. The van der Waals surface area contributed by atoms with E-state index in [-0.39, 0.29) is 36.7 Å². The number of esters is 1. The zero-order valence-electron chi connectivity index (χ0n) is 14.9. The van der Waals surface area contributed by atoms with E-state index in [0.717, 1.165) is 17.7 Å². The fourth-order valence-corrected chi connectivity index (χ4v) is 3.25. The second-order valence-electron chi connectivity index (χ2n) is 7.61. The van der Waals surface area contributed by atoms with Gasteiger partial charge in [-0.2, -0.15) is 0 Å². The molecule has 0 radical (unpaired) electrons. The Morgan fingerprint density at radius 2 is 1.72 bits per heavy atom. The van der Waals surface area contributed by atoms with Gasteiger partial charge in [-0.25, -0.2) is 4.79 Å². The molecule has 0 aromatic heterocycles. The molecule has 3 unspecified atom stereocenters. The van der Waals surface area contributed by atoms with E-state index in [4.69, 9.17) is 4.74 Å². The lowest BCUT2D eigenvalue weighted by molar-refractivity contribution is -0.164. The Morgan fingerprint density at radius 3 is 2.20 bits per heavy atom. The molecule has 3 atom stereocenters. The van der Waals surface area contributed by atoms with Gasteiger partial charge in [0.25, 0.3) is 0 Å². The molecular formula is C17H26N2O6. The number of fused-ring (bicyclic) bond motifs is 1. The average molecular weight is 354 g/mol. The minimum atomic E-state index is -1.50. The molecule has 2 N–H and O–H groups in total. The van der Waals surface area contributed by atoms with E-state index in [1.54, 1.807) is 20.8 Å². The highest BCUT2D eigenvalue weighted by molar-refractivity contribution is 6.07. The van der Waals surface area contributed by atoms with Gasteiger partial charge in [0.1, 0.15) is 12.1 Å². The topological polar surface area (TPSA) is 113 Å². The maximum absolute atomic E-state index is 12.3. The van der Waals surface area contributed by atoms with Crippen LogP contribution in [0.1, 0.15) is 46.5 Å². The third kappa shape index (κ3) is 4.78. The zero-order valence-corrected chi connectivity index (χ0v) is 14.9. The van der Waals surface area contributed by atoms with E-state index < -0.39 is 23.6 Å². The summed E-state index contributed by atoms with van der Waals surface area (Å²) < 4.78 is 5.00. The number of rotatable bonds is 5. The van der Waals surface area contributed by atoms with Crippen molar-refractivity contribution in [1.82, 2.24) is 10.2 Å². The fraction of sp³-hybridized carbons (Fsp3) is 0.765. The Balaban J connectivity index is 1.83. The number of hydrogen-bond donors (Lipinski definition) is 2. The van der Waals surface area contributed by atoms with Gasteiger partial charge in [-0.05, 0) is 33.6 Å². The van der Waals surface area contributed by atoms with Crippen molar-refractivity contribution in [1.29, 1.82) is 0 Å². The SMILES string of the molecule is CC(C)(C)OC(=O)C(O)CNC(=O)CN1C(=O)C2CCCCC2C1=O. The fourth-order valence-electron chi connectivity index (χ4n) is 3.25. The minimum Gasteiger partial charge on any atom is -0.458 e. The van der Waals surface area contributed by atoms with Gasteiger partial charge in [-0.3, -0.25) is 19.3 Å². The van der Waals surface area contributed by atoms with Crippen LogP contribution in [-0.2, 0) is 23.9 Å². The molecule has 0 aromatic carbocycles. The smallest absolute Gasteiger partial charge is 0.337 e. The Kier molecular flexibility index (Phi) is 5.82. The maximum Gasteiger partial charge on any atom is 0.337 e. The number of aliphatic hydroxyl groups excluding tert-OH is 1. The van der Waals surface area contributed by atoms with Crippen molar-refractivity contribution in [3.8, 4) is 0 Å². The first kappa shape index (κ1) is 19.4. The van der Waals surface area contributed by atoms with Crippen molar-refractivity contribution in [3.05, 3.63) is 0 Å². The molecule has 0 aromatic rings.